The second-order valence-electron chi connectivity index (χ2n) is 6.11. The number of benzene rings is 2. The second-order valence-corrected chi connectivity index (χ2v) is 6.11. The lowest BCUT2D eigenvalue weighted by atomic mass is 10.1. The average Bonchev–Trinajstić information content (AvgIpc) is 2.97. The summed E-state index contributed by atoms with van der Waals surface area (Å²) in [5.41, 5.74) is -0.0881. The molecular formula is C19H19FO3. The summed E-state index contributed by atoms with van der Waals surface area (Å²) < 4.78 is 25.1. The molecule has 1 aliphatic rings. The average molecular weight is 314 g/mol. The van der Waals surface area contributed by atoms with Crippen molar-refractivity contribution >= 4 is 5.97 Å². The standard InChI is InChI=1S/C19H19FO3/c1-19(11-5-6-12-19)23-17-13-14(9-10-16(17)20)18(21)22-15-7-3-2-4-8-15/h2-4,7-10,13H,5-6,11-12H2,1H3. The maximum atomic E-state index is 14.0. The maximum absolute atomic E-state index is 14.0. The van der Waals surface area contributed by atoms with E-state index >= 15 is 0 Å². The van der Waals surface area contributed by atoms with Crippen LogP contribution in [0.2, 0.25) is 0 Å². The Hall–Kier alpha value is -2.36. The summed E-state index contributed by atoms with van der Waals surface area (Å²) in [5, 5.41) is 0. The molecule has 0 heterocycles. The van der Waals surface area contributed by atoms with E-state index in [1.54, 1.807) is 24.3 Å². The van der Waals surface area contributed by atoms with Gasteiger partial charge in [-0.1, -0.05) is 18.2 Å². The van der Waals surface area contributed by atoms with Gasteiger partial charge in [0.1, 0.15) is 11.4 Å². The van der Waals surface area contributed by atoms with Crippen molar-refractivity contribution in [2.24, 2.45) is 0 Å². The molecule has 0 atom stereocenters. The van der Waals surface area contributed by atoms with E-state index in [-0.39, 0.29) is 16.9 Å². The van der Waals surface area contributed by atoms with Crippen LogP contribution in [0.3, 0.4) is 0 Å². The normalized spacial score (nSPS) is 16.1. The topological polar surface area (TPSA) is 35.5 Å². The van der Waals surface area contributed by atoms with Gasteiger partial charge in [0.2, 0.25) is 0 Å². The fourth-order valence-corrected chi connectivity index (χ4v) is 2.85. The molecule has 1 saturated carbocycles. The highest BCUT2D eigenvalue weighted by molar-refractivity contribution is 5.91. The number of carbonyl (C=O) groups is 1. The zero-order valence-electron chi connectivity index (χ0n) is 13.0. The first-order chi connectivity index (χ1) is 11.1. The van der Waals surface area contributed by atoms with Gasteiger partial charge in [-0.05, 0) is 62.9 Å². The zero-order chi connectivity index (χ0) is 16.3. The van der Waals surface area contributed by atoms with Crippen LogP contribution in [0.1, 0.15) is 43.0 Å². The predicted octanol–water partition coefficient (Wildman–Crippen LogP) is 4.76. The van der Waals surface area contributed by atoms with Gasteiger partial charge in [0.25, 0.3) is 0 Å². The van der Waals surface area contributed by atoms with E-state index in [2.05, 4.69) is 0 Å². The van der Waals surface area contributed by atoms with E-state index in [4.69, 9.17) is 9.47 Å². The Labute approximate surface area is 135 Å². The number of halogens is 1. The quantitative estimate of drug-likeness (QED) is 0.603. The minimum Gasteiger partial charge on any atom is -0.484 e. The molecule has 1 aliphatic carbocycles. The first-order valence-electron chi connectivity index (χ1n) is 7.82. The lowest BCUT2D eigenvalue weighted by Crippen LogP contribution is -2.28. The molecule has 0 amide bonds. The van der Waals surface area contributed by atoms with E-state index < -0.39 is 11.8 Å². The van der Waals surface area contributed by atoms with Crippen molar-refractivity contribution in [3.63, 3.8) is 0 Å². The van der Waals surface area contributed by atoms with Crippen molar-refractivity contribution in [1.82, 2.24) is 0 Å². The smallest absolute Gasteiger partial charge is 0.343 e. The molecule has 4 heteroatoms. The minimum atomic E-state index is -0.530. The summed E-state index contributed by atoms with van der Waals surface area (Å²) in [6.45, 7) is 1.98. The number of hydrogen-bond acceptors (Lipinski definition) is 3. The van der Waals surface area contributed by atoms with Gasteiger partial charge in [-0.3, -0.25) is 0 Å². The fourth-order valence-electron chi connectivity index (χ4n) is 2.85. The Morgan fingerprint density at radius 3 is 2.48 bits per heavy atom. The van der Waals surface area contributed by atoms with Crippen molar-refractivity contribution in [1.29, 1.82) is 0 Å². The molecule has 0 unspecified atom stereocenters. The molecule has 0 spiro atoms. The summed E-state index contributed by atoms with van der Waals surface area (Å²) in [6.07, 6.45) is 3.94. The maximum Gasteiger partial charge on any atom is 0.343 e. The summed E-state index contributed by atoms with van der Waals surface area (Å²) in [4.78, 5) is 12.2. The van der Waals surface area contributed by atoms with Gasteiger partial charge in [-0.25, -0.2) is 9.18 Å². The number of hydrogen-bond donors (Lipinski definition) is 0. The van der Waals surface area contributed by atoms with Crippen LogP contribution in [-0.4, -0.2) is 11.6 Å². The highest BCUT2D eigenvalue weighted by Crippen LogP contribution is 2.35. The molecule has 0 radical (unpaired) electrons. The highest BCUT2D eigenvalue weighted by atomic mass is 19.1. The van der Waals surface area contributed by atoms with Crippen LogP contribution in [0.5, 0.6) is 11.5 Å². The summed E-state index contributed by atoms with van der Waals surface area (Å²) in [5.74, 6) is -0.434. The molecule has 0 bridgehead atoms. The van der Waals surface area contributed by atoms with Gasteiger partial charge in [-0.15, -0.1) is 0 Å². The van der Waals surface area contributed by atoms with Crippen LogP contribution in [0.25, 0.3) is 0 Å². The van der Waals surface area contributed by atoms with Gasteiger partial charge in [0.15, 0.2) is 11.6 Å². The molecule has 120 valence electrons. The van der Waals surface area contributed by atoms with E-state index in [1.165, 1.54) is 18.2 Å². The lowest BCUT2D eigenvalue weighted by Gasteiger charge is -2.26. The number of carbonyl (C=O) groups excluding carboxylic acids is 1. The zero-order valence-corrected chi connectivity index (χ0v) is 13.0. The second kappa shape index (κ2) is 6.41. The third kappa shape index (κ3) is 3.70. The number of rotatable bonds is 4. The van der Waals surface area contributed by atoms with Gasteiger partial charge in [0.05, 0.1) is 5.56 Å². The number of ether oxygens (including phenoxy) is 2. The van der Waals surface area contributed by atoms with E-state index in [9.17, 15) is 9.18 Å². The van der Waals surface area contributed by atoms with Gasteiger partial charge in [0, 0.05) is 0 Å². The van der Waals surface area contributed by atoms with Crippen molar-refractivity contribution < 1.29 is 18.7 Å². The van der Waals surface area contributed by atoms with Crippen LogP contribution in [0.4, 0.5) is 4.39 Å². The lowest BCUT2D eigenvalue weighted by molar-refractivity contribution is 0.0727. The molecule has 1 fully saturated rings. The molecule has 2 aromatic carbocycles. The Balaban J connectivity index is 1.78. The summed E-state index contributed by atoms with van der Waals surface area (Å²) >= 11 is 0. The fraction of sp³-hybridized carbons (Fsp3) is 0.316. The molecule has 0 saturated heterocycles. The van der Waals surface area contributed by atoms with Crippen LogP contribution in [0, 0.1) is 5.82 Å². The molecule has 0 aromatic heterocycles. The first kappa shape index (κ1) is 15.5. The van der Waals surface area contributed by atoms with E-state index in [1.807, 2.05) is 13.0 Å². The molecule has 0 aliphatic heterocycles. The highest BCUT2D eigenvalue weighted by Gasteiger charge is 2.31. The minimum absolute atomic E-state index is 0.108. The summed E-state index contributed by atoms with van der Waals surface area (Å²) in [6, 6.07) is 12.9. The van der Waals surface area contributed by atoms with Gasteiger partial charge in [-0.2, -0.15) is 0 Å². The Kier molecular flexibility index (Phi) is 4.33. The van der Waals surface area contributed by atoms with E-state index in [0.717, 1.165) is 25.7 Å². The molecule has 23 heavy (non-hydrogen) atoms. The van der Waals surface area contributed by atoms with Gasteiger partial charge < -0.3 is 9.47 Å². The molecule has 2 aromatic rings. The largest absolute Gasteiger partial charge is 0.484 e. The van der Waals surface area contributed by atoms with Gasteiger partial charge >= 0.3 is 5.97 Å². The summed E-state index contributed by atoms with van der Waals surface area (Å²) in [7, 11) is 0. The van der Waals surface area contributed by atoms with Crippen molar-refractivity contribution in [3.8, 4) is 11.5 Å². The third-order valence-electron chi connectivity index (χ3n) is 4.14. The number of esters is 1. The number of para-hydroxylation sites is 1. The monoisotopic (exact) mass is 314 g/mol. The van der Waals surface area contributed by atoms with Crippen LogP contribution in [0.15, 0.2) is 48.5 Å². The van der Waals surface area contributed by atoms with E-state index in [0.29, 0.717) is 5.75 Å². The molecule has 3 rings (SSSR count). The first-order valence-corrected chi connectivity index (χ1v) is 7.82. The molecule has 0 N–H and O–H groups in total. The SMILES string of the molecule is CC1(Oc2cc(C(=O)Oc3ccccc3)ccc2F)CCCC1. The van der Waals surface area contributed by atoms with Crippen molar-refractivity contribution in [3.05, 3.63) is 59.9 Å². The Bertz CT molecular complexity index is 691. The predicted molar refractivity (Wildman–Crippen MR) is 85.3 cm³/mol. The Morgan fingerprint density at radius 2 is 1.78 bits per heavy atom. The third-order valence-corrected chi connectivity index (χ3v) is 4.14. The van der Waals surface area contributed by atoms with Crippen LogP contribution >= 0.6 is 0 Å². The molecular weight excluding hydrogens is 295 g/mol. The van der Waals surface area contributed by atoms with Crippen LogP contribution < -0.4 is 9.47 Å². The molecule has 3 nitrogen and oxygen atoms in total. The Morgan fingerprint density at radius 1 is 1.09 bits per heavy atom. The van der Waals surface area contributed by atoms with Crippen LogP contribution in [-0.2, 0) is 0 Å². The van der Waals surface area contributed by atoms with Crippen molar-refractivity contribution in [2.45, 2.75) is 38.2 Å². The van der Waals surface area contributed by atoms with Crippen molar-refractivity contribution in [2.75, 3.05) is 0 Å².